The molecule has 1 fully saturated rings. The van der Waals surface area contributed by atoms with Crippen molar-refractivity contribution in [2.45, 2.75) is 29.8 Å². The number of piperidine rings is 1. The fourth-order valence-corrected chi connectivity index (χ4v) is 4.95. The Bertz CT molecular complexity index is 1120. The van der Waals surface area contributed by atoms with Gasteiger partial charge in [-0.25, -0.2) is 8.42 Å². The molecule has 2 heterocycles. The quantitative estimate of drug-likeness (QED) is 0.608. The van der Waals surface area contributed by atoms with E-state index in [4.69, 9.17) is 4.52 Å². The summed E-state index contributed by atoms with van der Waals surface area (Å²) in [6.45, 7) is 0.318. The van der Waals surface area contributed by atoms with Crippen LogP contribution in [-0.4, -0.2) is 36.0 Å². The lowest BCUT2D eigenvalue weighted by Gasteiger charge is -2.29. The maximum atomic E-state index is 12.9. The van der Waals surface area contributed by atoms with Crippen LogP contribution in [0.1, 0.15) is 30.2 Å². The van der Waals surface area contributed by atoms with Crippen LogP contribution in [0.3, 0.4) is 0 Å². The fourth-order valence-electron chi connectivity index (χ4n) is 3.43. The topological polar surface area (TPSA) is 76.3 Å². The van der Waals surface area contributed by atoms with Gasteiger partial charge in [0, 0.05) is 24.6 Å². The van der Waals surface area contributed by atoms with E-state index in [1.807, 2.05) is 30.3 Å². The van der Waals surface area contributed by atoms with Crippen molar-refractivity contribution in [1.82, 2.24) is 14.4 Å². The molecule has 0 bridgehead atoms. The third-order valence-corrected chi connectivity index (χ3v) is 6.97. The van der Waals surface area contributed by atoms with Crippen molar-refractivity contribution in [3.63, 3.8) is 0 Å². The van der Waals surface area contributed by atoms with Crippen molar-refractivity contribution >= 4 is 10.0 Å². The van der Waals surface area contributed by atoms with Gasteiger partial charge in [0.15, 0.2) is 0 Å². The van der Waals surface area contributed by atoms with Gasteiger partial charge >= 0.3 is 6.18 Å². The number of hydrogen-bond donors (Lipinski definition) is 0. The lowest BCUT2D eigenvalue weighted by atomic mass is 9.98. The van der Waals surface area contributed by atoms with Crippen molar-refractivity contribution in [2.24, 2.45) is 0 Å². The molecule has 3 aromatic rings. The van der Waals surface area contributed by atoms with Gasteiger partial charge in [0.25, 0.3) is 0 Å². The SMILES string of the molecule is O=S(=O)(c1cccc(C(F)(F)F)c1)N1CCC(c2nc(-c3ccccc3)no2)CC1. The summed E-state index contributed by atoms with van der Waals surface area (Å²) in [4.78, 5) is 4.06. The molecule has 1 aliphatic heterocycles. The molecule has 1 aliphatic rings. The molecule has 0 spiro atoms. The third kappa shape index (κ3) is 4.10. The first-order valence-electron chi connectivity index (χ1n) is 9.31. The third-order valence-electron chi connectivity index (χ3n) is 5.08. The zero-order chi connectivity index (χ0) is 21.4. The van der Waals surface area contributed by atoms with Crippen molar-refractivity contribution in [3.05, 3.63) is 66.1 Å². The number of nitrogens with zero attached hydrogens (tertiary/aromatic N) is 3. The van der Waals surface area contributed by atoms with Crippen molar-refractivity contribution in [2.75, 3.05) is 13.1 Å². The number of aromatic nitrogens is 2. The summed E-state index contributed by atoms with van der Waals surface area (Å²) < 4.78 is 71.0. The Morgan fingerprint density at radius 3 is 2.37 bits per heavy atom. The van der Waals surface area contributed by atoms with Gasteiger partial charge in [0.1, 0.15) is 0 Å². The molecule has 0 atom stereocenters. The minimum absolute atomic E-state index is 0.108. The van der Waals surface area contributed by atoms with Gasteiger partial charge in [0.2, 0.25) is 21.7 Å². The second kappa shape index (κ2) is 7.84. The summed E-state index contributed by atoms with van der Waals surface area (Å²) in [6.07, 6.45) is -3.73. The van der Waals surface area contributed by atoms with Gasteiger partial charge in [-0.15, -0.1) is 0 Å². The molecular formula is C20H18F3N3O3S. The average Bonchev–Trinajstić information content (AvgIpc) is 3.24. The van der Waals surface area contributed by atoms with Gasteiger partial charge in [-0.05, 0) is 31.0 Å². The predicted molar refractivity (Wildman–Crippen MR) is 102 cm³/mol. The molecule has 6 nitrogen and oxygen atoms in total. The number of benzene rings is 2. The molecule has 0 saturated carbocycles. The van der Waals surface area contributed by atoms with E-state index in [1.54, 1.807) is 0 Å². The monoisotopic (exact) mass is 437 g/mol. The molecule has 2 aromatic carbocycles. The van der Waals surface area contributed by atoms with Crippen LogP contribution in [0, 0.1) is 0 Å². The van der Waals surface area contributed by atoms with E-state index in [0.29, 0.717) is 30.6 Å². The predicted octanol–water partition coefficient (Wildman–Crippen LogP) is 4.32. The van der Waals surface area contributed by atoms with E-state index < -0.39 is 21.8 Å². The van der Waals surface area contributed by atoms with Crippen LogP contribution in [0.25, 0.3) is 11.4 Å². The van der Waals surface area contributed by atoms with Crippen molar-refractivity contribution in [1.29, 1.82) is 0 Å². The second-order valence-electron chi connectivity index (χ2n) is 7.03. The standard InChI is InChI=1S/C20H18F3N3O3S/c21-20(22,23)16-7-4-8-17(13-16)30(27,28)26-11-9-15(10-12-26)19-24-18(25-29-19)14-5-2-1-3-6-14/h1-8,13,15H,9-12H2. The highest BCUT2D eigenvalue weighted by atomic mass is 32.2. The Morgan fingerprint density at radius 2 is 1.70 bits per heavy atom. The first kappa shape index (κ1) is 20.5. The molecule has 0 radical (unpaired) electrons. The van der Waals surface area contributed by atoms with Crippen LogP contribution >= 0.6 is 0 Å². The Morgan fingerprint density at radius 1 is 1.00 bits per heavy atom. The smallest absolute Gasteiger partial charge is 0.339 e. The summed E-state index contributed by atoms with van der Waals surface area (Å²) in [5, 5.41) is 3.99. The molecule has 1 aromatic heterocycles. The van der Waals surface area contributed by atoms with Gasteiger partial charge in [0.05, 0.1) is 10.5 Å². The van der Waals surface area contributed by atoms with Crippen molar-refractivity contribution < 1.29 is 26.1 Å². The van der Waals surface area contributed by atoms with E-state index in [9.17, 15) is 21.6 Å². The highest BCUT2D eigenvalue weighted by Crippen LogP contribution is 2.33. The zero-order valence-corrected chi connectivity index (χ0v) is 16.5. The Kier molecular flexibility index (Phi) is 5.37. The molecule has 0 unspecified atom stereocenters. The van der Waals surface area contributed by atoms with E-state index in [1.165, 1.54) is 10.4 Å². The van der Waals surface area contributed by atoms with Crippen LogP contribution < -0.4 is 0 Å². The van der Waals surface area contributed by atoms with Crippen LogP contribution in [-0.2, 0) is 16.2 Å². The molecule has 0 aliphatic carbocycles. The van der Waals surface area contributed by atoms with E-state index in [2.05, 4.69) is 10.1 Å². The van der Waals surface area contributed by atoms with E-state index >= 15 is 0 Å². The van der Waals surface area contributed by atoms with Gasteiger partial charge in [-0.3, -0.25) is 0 Å². The maximum absolute atomic E-state index is 12.9. The molecule has 10 heteroatoms. The number of halogens is 3. The summed E-state index contributed by atoms with van der Waals surface area (Å²) in [7, 11) is -4.02. The van der Waals surface area contributed by atoms with Gasteiger partial charge in [-0.2, -0.15) is 22.5 Å². The van der Waals surface area contributed by atoms with E-state index in [-0.39, 0.29) is 23.9 Å². The van der Waals surface area contributed by atoms with Crippen LogP contribution in [0.4, 0.5) is 13.2 Å². The van der Waals surface area contributed by atoms with Crippen LogP contribution in [0.5, 0.6) is 0 Å². The summed E-state index contributed by atoms with van der Waals surface area (Å²) in [5.41, 5.74) is -0.171. The average molecular weight is 437 g/mol. The lowest BCUT2D eigenvalue weighted by molar-refractivity contribution is -0.137. The van der Waals surface area contributed by atoms with Gasteiger partial charge in [-0.1, -0.05) is 41.6 Å². The van der Waals surface area contributed by atoms with Crippen LogP contribution in [0.15, 0.2) is 64.0 Å². The molecule has 30 heavy (non-hydrogen) atoms. The second-order valence-corrected chi connectivity index (χ2v) is 8.96. The number of sulfonamides is 1. The van der Waals surface area contributed by atoms with Gasteiger partial charge < -0.3 is 4.52 Å². The fraction of sp³-hybridized carbons (Fsp3) is 0.300. The number of hydrogen-bond acceptors (Lipinski definition) is 5. The summed E-state index contributed by atoms with van der Waals surface area (Å²) >= 11 is 0. The lowest BCUT2D eigenvalue weighted by Crippen LogP contribution is -2.38. The molecular weight excluding hydrogens is 419 g/mol. The number of alkyl halides is 3. The zero-order valence-electron chi connectivity index (χ0n) is 15.7. The summed E-state index contributed by atoms with van der Waals surface area (Å²) in [5.74, 6) is 0.789. The minimum Gasteiger partial charge on any atom is -0.339 e. The first-order chi connectivity index (χ1) is 14.2. The largest absolute Gasteiger partial charge is 0.416 e. The Hall–Kier alpha value is -2.72. The van der Waals surface area contributed by atoms with Crippen molar-refractivity contribution in [3.8, 4) is 11.4 Å². The highest BCUT2D eigenvalue weighted by Gasteiger charge is 2.35. The Labute approximate surface area is 171 Å². The Balaban J connectivity index is 1.46. The molecule has 4 rings (SSSR count). The maximum Gasteiger partial charge on any atom is 0.416 e. The molecule has 158 valence electrons. The number of rotatable bonds is 4. The minimum atomic E-state index is -4.60. The summed E-state index contributed by atoms with van der Waals surface area (Å²) in [6, 6.07) is 13.1. The van der Waals surface area contributed by atoms with E-state index in [0.717, 1.165) is 17.7 Å². The molecule has 0 N–H and O–H groups in total. The first-order valence-corrected chi connectivity index (χ1v) is 10.8. The van der Waals surface area contributed by atoms with Crippen LogP contribution in [0.2, 0.25) is 0 Å². The molecule has 1 saturated heterocycles. The molecule has 0 amide bonds. The normalized spacial score (nSPS) is 16.6. The highest BCUT2D eigenvalue weighted by molar-refractivity contribution is 7.89.